The van der Waals surface area contributed by atoms with Crippen LogP contribution in [0.3, 0.4) is 0 Å². The highest BCUT2D eigenvalue weighted by atomic mass is 32.1. The quantitative estimate of drug-likeness (QED) is 0.503. The van der Waals surface area contributed by atoms with Gasteiger partial charge in [-0.2, -0.15) is 0 Å². The minimum atomic E-state index is -0.0925. The van der Waals surface area contributed by atoms with Gasteiger partial charge >= 0.3 is 0 Å². The van der Waals surface area contributed by atoms with Crippen LogP contribution < -0.4 is 5.32 Å². The lowest BCUT2D eigenvalue weighted by Crippen LogP contribution is -2.27. The SMILES string of the molecule is Cc1cccc(C#Cc2ccc(-c3nc4cnccn4c3NC(C)(C)C)s2)n1. The van der Waals surface area contributed by atoms with E-state index in [1.807, 2.05) is 41.8 Å². The molecule has 0 aliphatic rings. The van der Waals surface area contributed by atoms with Crippen molar-refractivity contribution in [2.75, 3.05) is 5.32 Å². The Morgan fingerprint density at radius 3 is 2.71 bits per heavy atom. The Labute approximate surface area is 168 Å². The lowest BCUT2D eigenvalue weighted by molar-refractivity contribution is 0.629. The van der Waals surface area contributed by atoms with E-state index in [0.717, 1.165) is 38.3 Å². The van der Waals surface area contributed by atoms with E-state index in [9.17, 15) is 0 Å². The van der Waals surface area contributed by atoms with Crippen LogP contribution in [0.4, 0.5) is 5.82 Å². The van der Waals surface area contributed by atoms with Crippen molar-refractivity contribution in [3.63, 3.8) is 0 Å². The normalized spacial score (nSPS) is 11.3. The van der Waals surface area contributed by atoms with Crippen molar-refractivity contribution in [1.82, 2.24) is 19.4 Å². The van der Waals surface area contributed by atoms with Crippen LogP contribution in [0.1, 0.15) is 37.0 Å². The number of aryl methyl sites for hydroxylation is 1. The Balaban J connectivity index is 1.73. The Bertz CT molecular complexity index is 1200. The number of anilines is 1. The fourth-order valence-corrected chi connectivity index (χ4v) is 3.67. The first-order valence-corrected chi connectivity index (χ1v) is 9.87. The lowest BCUT2D eigenvalue weighted by atomic mass is 10.1. The molecule has 5 nitrogen and oxygen atoms in total. The van der Waals surface area contributed by atoms with E-state index in [4.69, 9.17) is 4.98 Å². The van der Waals surface area contributed by atoms with Gasteiger partial charge in [0.05, 0.1) is 16.0 Å². The lowest BCUT2D eigenvalue weighted by Gasteiger charge is -2.22. The maximum Gasteiger partial charge on any atom is 0.157 e. The van der Waals surface area contributed by atoms with Gasteiger partial charge in [0.1, 0.15) is 17.2 Å². The summed E-state index contributed by atoms with van der Waals surface area (Å²) in [6, 6.07) is 9.97. The van der Waals surface area contributed by atoms with Gasteiger partial charge in [0, 0.05) is 23.6 Å². The van der Waals surface area contributed by atoms with E-state index in [0.29, 0.717) is 0 Å². The standard InChI is InChI=1S/C22H21N5S/c1-15-6-5-7-16(24-15)8-9-17-10-11-18(28-17)20-21(26-22(2,3)4)27-13-12-23-14-19(27)25-20/h5-7,10-14,26H,1-4H3. The first-order chi connectivity index (χ1) is 13.4. The summed E-state index contributed by atoms with van der Waals surface area (Å²) in [5, 5.41) is 3.58. The highest BCUT2D eigenvalue weighted by Crippen LogP contribution is 2.34. The van der Waals surface area contributed by atoms with Crippen molar-refractivity contribution in [1.29, 1.82) is 0 Å². The molecule has 0 aliphatic heterocycles. The molecule has 0 bridgehead atoms. The van der Waals surface area contributed by atoms with Gasteiger partial charge in [-0.3, -0.25) is 9.38 Å². The first-order valence-electron chi connectivity index (χ1n) is 9.05. The maximum atomic E-state index is 4.80. The molecule has 0 fully saturated rings. The minimum absolute atomic E-state index is 0.0925. The predicted molar refractivity (Wildman–Crippen MR) is 115 cm³/mol. The fourth-order valence-electron chi connectivity index (χ4n) is 2.82. The summed E-state index contributed by atoms with van der Waals surface area (Å²) < 4.78 is 2.04. The summed E-state index contributed by atoms with van der Waals surface area (Å²) in [7, 11) is 0. The number of hydrogen-bond donors (Lipinski definition) is 1. The summed E-state index contributed by atoms with van der Waals surface area (Å²) in [5.41, 5.74) is 3.38. The summed E-state index contributed by atoms with van der Waals surface area (Å²) in [6.07, 6.45) is 5.47. The van der Waals surface area contributed by atoms with Crippen LogP contribution in [0, 0.1) is 18.8 Å². The smallest absolute Gasteiger partial charge is 0.157 e. The molecule has 4 rings (SSSR count). The summed E-state index contributed by atoms with van der Waals surface area (Å²) in [5.74, 6) is 7.33. The largest absolute Gasteiger partial charge is 0.365 e. The number of imidazole rings is 1. The van der Waals surface area contributed by atoms with Crippen molar-refractivity contribution < 1.29 is 0 Å². The average molecular weight is 388 g/mol. The molecule has 0 radical (unpaired) electrons. The van der Waals surface area contributed by atoms with Crippen LogP contribution in [0.15, 0.2) is 48.9 Å². The second-order valence-corrected chi connectivity index (χ2v) is 8.65. The zero-order chi connectivity index (χ0) is 19.7. The van der Waals surface area contributed by atoms with Crippen molar-refractivity contribution in [3.8, 4) is 22.4 Å². The van der Waals surface area contributed by atoms with Crippen molar-refractivity contribution in [2.24, 2.45) is 0 Å². The van der Waals surface area contributed by atoms with Gasteiger partial charge in [-0.25, -0.2) is 9.97 Å². The zero-order valence-corrected chi connectivity index (χ0v) is 17.1. The number of fused-ring (bicyclic) bond motifs is 1. The van der Waals surface area contributed by atoms with Gasteiger partial charge in [-0.15, -0.1) is 11.3 Å². The van der Waals surface area contributed by atoms with Crippen LogP contribution in [0.2, 0.25) is 0 Å². The monoisotopic (exact) mass is 387 g/mol. The van der Waals surface area contributed by atoms with Crippen LogP contribution in [-0.2, 0) is 0 Å². The molecule has 140 valence electrons. The van der Waals surface area contributed by atoms with Crippen LogP contribution in [-0.4, -0.2) is 24.9 Å². The van der Waals surface area contributed by atoms with E-state index < -0.39 is 0 Å². The van der Waals surface area contributed by atoms with Crippen LogP contribution in [0.25, 0.3) is 16.2 Å². The number of aromatic nitrogens is 4. The summed E-state index contributed by atoms with van der Waals surface area (Å²) in [6.45, 7) is 8.38. The molecule has 1 N–H and O–H groups in total. The molecule has 6 heteroatoms. The van der Waals surface area contributed by atoms with E-state index in [2.05, 4.69) is 54.0 Å². The van der Waals surface area contributed by atoms with Gasteiger partial charge in [-0.05, 0) is 63.8 Å². The van der Waals surface area contributed by atoms with Gasteiger partial charge in [-0.1, -0.05) is 6.07 Å². The predicted octanol–water partition coefficient (Wildman–Crippen LogP) is 4.77. The number of pyridine rings is 1. The second-order valence-electron chi connectivity index (χ2n) is 7.57. The van der Waals surface area contributed by atoms with Crippen molar-refractivity contribution >= 4 is 22.8 Å². The van der Waals surface area contributed by atoms with Crippen molar-refractivity contribution in [2.45, 2.75) is 33.2 Å². The molecule has 0 saturated carbocycles. The molecule has 0 atom stereocenters. The van der Waals surface area contributed by atoms with E-state index >= 15 is 0 Å². The number of rotatable bonds is 2. The van der Waals surface area contributed by atoms with Crippen LogP contribution in [0.5, 0.6) is 0 Å². The Morgan fingerprint density at radius 1 is 1.07 bits per heavy atom. The van der Waals surface area contributed by atoms with Gasteiger partial charge in [0.15, 0.2) is 5.65 Å². The van der Waals surface area contributed by atoms with Gasteiger partial charge in [0.2, 0.25) is 0 Å². The Morgan fingerprint density at radius 2 is 1.93 bits per heavy atom. The molecule has 0 aromatic carbocycles. The molecule has 4 heterocycles. The first kappa shape index (κ1) is 18.2. The maximum absolute atomic E-state index is 4.80. The fraction of sp³-hybridized carbons (Fsp3) is 0.227. The molecule has 0 amide bonds. The third-order valence-corrected chi connectivity index (χ3v) is 4.97. The molecule has 4 aromatic heterocycles. The average Bonchev–Trinajstić information content (AvgIpc) is 3.24. The molecule has 0 aliphatic carbocycles. The second kappa shape index (κ2) is 7.10. The van der Waals surface area contributed by atoms with E-state index in [1.165, 1.54) is 0 Å². The third kappa shape index (κ3) is 3.90. The molecule has 0 saturated heterocycles. The van der Waals surface area contributed by atoms with Gasteiger partial charge in [0.25, 0.3) is 0 Å². The summed E-state index contributed by atoms with van der Waals surface area (Å²) >= 11 is 1.63. The molecular weight excluding hydrogens is 366 g/mol. The molecule has 0 unspecified atom stereocenters. The highest BCUT2D eigenvalue weighted by molar-refractivity contribution is 7.16. The molecular formula is C22H21N5S. The third-order valence-electron chi connectivity index (χ3n) is 3.97. The van der Waals surface area contributed by atoms with Crippen molar-refractivity contribution in [3.05, 3.63) is 65.2 Å². The summed E-state index contributed by atoms with van der Waals surface area (Å²) in [4.78, 5) is 15.5. The Kier molecular flexibility index (Phi) is 4.62. The zero-order valence-electron chi connectivity index (χ0n) is 16.3. The molecule has 0 spiro atoms. The van der Waals surface area contributed by atoms with Crippen LogP contribution >= 0.6 is 11.3 Å². The number of nitrogens with one attached hydrogen (secondary N) is 1. The minimum Gasteiger partial charge on any atom is -0.365 e. The number of hydrogen-bond acceptors (Lipinski definition) is 5. The Hall–Kier alpha value is -3.17. The van der Waals surface area contributed by atoms with E-state index in [1.54, 1.807) is 23.7 Å². The number of thiophene rings is 1. The van der Waals surface area contributed by atoms with E-state index in [-0.39, 0.29) is 5.54 Å². The topological polar surface area (TPSA) is 55.1 Å². The van der Waals surface area contributed by atoms with Gasteiger partial charge < -0.3 is 5.32 Å². The molecule has 28 heavy (non-hydrogen) atoms. The molecule has 4 aromatic rings. The number of nitrogens with zero attached hydrogens (tertiary/aromatic N) is 4. The highest BCUT2D eigenvalue weighted by Gasteiger charge is 2.20.